The number of nitrogens with zero attached hydrogens (tertiary/aromatic N) is 1. The van der Waals surface area contributed by atoms with Gasteiger partial charge in [-0.3, -0.25) is 4.79 Å². The maximum Gasteiger partial charge on any atom is 0.175 e. The first-order valence-electron chi connectivity index (χ1n) is 5.53. The Bertz CT molecular complexity index is 427. The van der Waals surface area contributed by atoms with Gasteiger partial charge in [0.05, 0.1) is 18.2 Å². The Hall–Kier alpha value is -1.86. The topological polar surface area (TPSA) is 59.3 Å². The summed E-state index contributed by atoms with van der Waals surface area (Å²) in [6, 6.07) is 8.74. The van der Waals surface area contributed by atoms with Gasteiger partial charge in [0.15, 0.2) is 5.78 Å². The highest BCUT2D eigenvalue weighted by atomic mass is 16.5. The molecule has 1 unspecified atom stereocenters. The SMILES string of the molecule is N#Cc1ccc(OCC(=O)C2CCOC2)cc1. The van der Waals surface area contributed by atoms with Crippen molar-refractivity contribution >= 4 is 5.78 Å². The predicted molar refractivity (Wildman–Crippen MR) is 60.6 cm³/mol. The van der Waals surface area contributed by atoms with Crippen LogP contribution in [-0.2, 0) is 9.53 Å². The van der Waals surface area contributed by atoms with E-state index in [0.717, 1.165) is 6.42 Å². The summed E-state index contributed by atoms with van der Waals surface area (Å²) in [7, 11) is 0. The zero-order chi connectivity index (χ0) is 12.1. The zero-order valence-electron chi connectivity index (χ0n) is 9.39. The van der Waals surface area contributed by atoms with Crippen LogP contribution in [0.2, 0.25) is 0 Å². The fourth-order valence-corrected chi connectivity index (χ4v) is 1.69. The molecular weight excluding hydrogens is 218 g/mol. The number of hydrogen-bond acceptors (Lipinski definition) is 4. The molecule has 0 amide bonds. The molecule has 1 aromatic carbocycles. The summed E-state index contributed by atoms with van der Waals surface area (Å²) in [5.74, 6) is 0.663. The van der Waals surface area contributed by atoms with Crippen LogP contribution in [0.5, 0.6) is 5.75 Å². The molecule has 1 atom stereocenters. The van der Waals surface area contributed by atoms with Crippen molar-refractivity contribution in [2.75, 3.05) is 19.8 Å². The van der Waals surface area contributed by atoms with E-state index in [-0.39, 0.29) is 18.3 Å². The average molecular weight is 231 g/mol. The summed E-state index contributed by atoms with van der Waals surface area (Å²) < 4.78 is 10.5. The van der Waals surface area contributed by atoms with E-state index in [4.69, 9.17) is 14.7 Å². The summed E-state index contributed by atoms with van der Waals surface area (Å²) in [6.07, 6.45) is 0.787. The van der Waals surface area contributed by atoms with Gasteiger partial charge >= 0.3 is 0 Å². The molecule has 1 aliphatic heterocycles. The first kappa shape index (κ1) is 11.6. The van der Waals surface area contributed by atoms with E-state index in [1.807, 2.05) is 6.07 Å². The number of ketones is 1. The Labute approximate surface area is 99.8 Å². The number of ether oxygens (including phenoxy) is 2. The van der Waals surface area contributed by atoms with Crippen LogP contribution in [0.3, 0.4) is 0 Å². The maximum absolute atomic E-state index is 11.7. The monoisotopic (exact) mass is 231 g/mol. The Morgan fingerprint density at radius 2 is 2.24 bits per heavy atom. The Morgan fingerprint density at radius 3 is 2.82 bits per heavy atom. The number of Topliss-reactive ketones (excluding diaryl/α,β-unsaturated/α-hetero) is 1. The molecular formula is C13H13NO3. The Balaban J connectivity index is 1.84. The van der Waals surface area contributed by atoms with Crippen LogP contribution in [0.4, 0.5) is 0 Å². The van der Waals surface area contributed by atoms with E-state index in [0.29, 0.717) is 24.5 Å². The van der Waals surface area contributed by atoms with E-state index in [1.54, 1.807) is 24.3 Å². The highest BCUT2D eigenvalue weighted by Gasteiger charge is 2.23. The van der Waals surface area contributed by atoms with Gasteiger partial charge in [0.1, 0.15) is 12.4 Å². The van der Waals surface area contributed by atoms with Crippen molar-refractivity contribution in [2.45, 2.75) is 6.42 Å². The second-order valence-electron chi connectivity index (χ2n) is 3.95. The molecule has 1 heterocycles. The zero-order valence-corrected chi connectivity index (χ0v) is 9.39. The number of hydrogen-bond donors (Lipinski definition) is 0. The van der Waals surface area contributed by atoms with Crippen LogP contribution >= 0.6 is 0 Å². The van der Waals surface area contributed by atoms with Crippen molar-refractivity contribution in [1.82, 2.24) is 0 Å². The van der Waals surface area contributed by atoms with Crippen molar-refractivity contribution in [3.8, 4) is 11.8 Å². The summed E-state index contributed by atoms with van der Waals surface area (Å²) in [6.45, 7) is 1.24. The lowest BCUT2D eigenvalue weighted by Crippen LogP contribution is -2.21. The third-order valence-electron chi connectivity index (χ3n) is 2.75. The van der Waals surface area contributed by atoms with Gasteiger partial charge < -0.3 is 9.47 Å². The molecule has 1 saturated heterocycles. The van der Waals surface area contributed by atoms with Crippen LogP contribution in [0.15, 0.2) is 24.3 Å². The molecule has 0 spiro atoms. The van der Waals surface area contributed by atoms with Gasteiger partial charge in [0, 0.05) is 12.5 Å². The van der Waals surface area contributed by atoms with Gasteiger partial charge in [-0.25, -0.2) is 0 Å². The summed E-state index contributed by atoms with van der Waals surface area (Å²) in [5.41, 5.74) is 0.577. The minimum absolute atomic E-state index is 0.0200. The van der Waals surface area contributed by atoms with E-state index in [2.05, 4.69) is 0 Å². The van der Waals surface area contributed by atoms with Crippen molar-refractivity contribution in [2.24, 2.45) is 5.92 Å². The van der Waals surface area contributed by atoms with Crippen LogP contribution in [0.1, 0.15) is 12.0 Å². The number of carbonyl (C=O) groups is 1. The molecule has 17 heavy (non-hydrogen) atoms. The van der Waals surface area contributed by atoms with Crippen molar-refractivity contribution < 1.29 is 14.3 Å². The number of benzene rings is 1. The minimum atomic E-state index is -0.0200. The molecule has 0 saturated carbocycles. The number of rotatable bonds is 4. The molecule has 2 rings (SSSR count). The Morgan fingerprint density at radius 1 is 1.47 bits per heavy atom. The molecule has 1 fully saturated rings. The fraction of sp³-hybridized carbons (Fsp3) is 0.385. The molecule has 0 N–H and O–H groups in total. The molecule has 1 aromatic rings. The van der Waals surface area contributed by atoms with Gasteiger partial charge in [-0.15, -0.1) is 0 Å². The normalized spacial score (nSPS) is 18.6. The number of nitriles is 1. The first-order chi connectivity index (χ1) is 8.29. The van der Waals surface area contributed by atoms with Gasteiger partial charge in [0.2, 0.25) is 0 Å². The van der Waals surface area contributed by atoms with Crippen LogP contribution < -0.4 is 4.74 Å². The molecule has 0 radical (unpaired) electrons. The molecule has 88 valence electrons. The molecule has 0 aliphatic carbocycles. The smallest absolute Gasteiger partial charge is 0.175 e. The molecule has 0 bridgehead atoms. The van der Waals surface area contributed by atoms with Crippen LogP contribution in [-0.4, -0.2) is 25.6 Å². The Kier molecular flexibility index (Phi) is 3.73. The molecule has 4 nitrogen and oxygen atoms in total. The highest BCUT2D eigenvalue weighted by molar-refractivity contribution is 5.82. The third kappa shape index (κ3) is 3.05. The number of carbonyl (C=O) groups excluding carboxylic acids is 1. The largest absolute Gasteiger partial charge is 0.486 e. The lowest BCUT2D eigenvalue weighted by atomic mass is 10.0. The van der Waals surface area contributed by atoms with Crippen LogP contribution in [0.25, 0.3) is 0 Å². The van der Waals surface area contributed by atoms with Gasteiger partial charge in [-0.2, -0.15) is 5.26 Å². The quantitative estimate of drug-likeness (QED) is 0.788. The van der Waals surface area contributed by atoms with Crippen molar-refractivity contribution in [3.63, 3.8) is 0 Å². The predicted octanol–water partition coefficient (Wildman–Crippen LogP) is 1.54. The van der Waals surface area contributed by atoms with Crippen molar-refractivity contribution in [3.05, 3.63) is 29.8 Å². The maximum atomic E-state index is 11.7. The summed E-state index contributed by atoms with van der Waals surface area (Å²) >= 11 is 0. The summed E-state index contributed by atoms with van der Waals surface area (Å²) in [5, 5.41) is 8.63. The fourth-order valence-electron chi connectivity index (χ4n) is 1.69. The minimum Gasteiger partial charge on any atom is -0.486 e. The third-order valence-corrected chi connectivity index (χ3v) is 2.75. The first-order valence-corrected chi connectivity index (χ1v) is 5.53. The second-order valence-corrected chi connectivity index (χ2v) is 3.95. The van der Waals surface area contributed by atoms with Gasteiger partial charge in [0.25, 0.3) is 0 Å². The summed E-state index contributed by atoms with van der Waals surface area (Å²) in [4.78, 5) is 11.7. The van der Waals surface area contributed by atoms with E-state index >= 15 is 0 Å². The van der Waals surface area contributed by atoms with Gasteiger partial charge in [-0.05, 0) is 30.7 Å². The van der Waals surface area contributed by atoms with Crippen molar-refractivity contribution in [1.29, 1.82) is 5.26 Å². The van der Waals surface area contributed by atoms with E-state index in [9.17, 15) is 4.79 Å². The van der Waals surface area contributed by atoms with Gasteiger partial charge in [-0.1, -0.05) is 0 Å². The highest BCUT2D eigenvalue weighted by Crippen LogP contribution is 2.15. The van der Waals surface area contributed by atoms with E-state index < -0.39 is 0 Å². The van der Waals surface area contributed by atoms with Crippen LogP contribution in [0, 0.1) is 17.2 Å². The molecule has 1 aliphatic rings. The molecule has 0 aromatic heterocycles. The standard InChI is InChI=1S/C13H13NO3/c14-7-10-1-3-12(4-2-10)17-9-13(15)11-5-6-16-8-11/h1-4,11H,5-6,8-9H2. The average Bonchev–Trinajstić information content (AvgIpc) is 2.90. The second kappa shape index (κ2) is 5.46. The lowest BCUT2D eigenvalue weighted by molar-refractivity contribution is -0.124. The molecule has 4 heteroatoms. The van der Waals surface area contributed by atoms with E-state index in [1.165, 1.54) is 0 Å². The lowest BCUT2D eigenvalue weighted by Gasteiger charge is -2.08.